The maximum absolute atomic E-state index is 12.1. The van der Waals surface area contributed by atoms with Crippen LogP contribution in [0.1, 0.15) is 28.9 Å². The molecule has 0 spiro atoms. The van der Waals surface area contributed by atoms with Crippen LogP contribution in [0, 0.1) is 0 Å². The van der Waals surface area contributed by atoms with Gasteiger partial charge in [0, 0.05) is 17.4 Å². The van der Waals surface area contributed by atoms with Crippen molar-refractivity contribution in [2.24, 2.45) is 0 Å². The van der Waals surface area contributed by atoms with E-state index >= 15 is 0 Å². The van der Waals surface area contributed by atoms with E-state index in [0.29, 0.717) is 15.6 Å². The lowest BCUT2D eigenvalue weighted by molar-refractivity contribution is 0.0940. The molecule has 1 unspecified atom stereocenters. The number of benzene rings is 1. The van der Waals surface area contributed by atoms with Crippen LogP contribution < -0.4 is 5.32 Å². The first-order valence-electron chi connectivity index (χ1n) is 5.74. The first-order chi connectivity index (χ1) is 9.08. The number of hydrogen-bond donors (Lipinski definition) is 1. The number of amides is 1. The van der Waals surface area contributed by atoms with Crippen LogP contribution in [-0.2, 0) is 0 Å². The molecule has 0 fully saturated rings. The lowest BCUT2D eigenvalue weighted by atomic mass is 10.1. The van der Waals surface area contributed by atoms with Gasteiger partial charge in [0.25, 0.3) is 5.91 Å². The van der Waals surface area contributed by atoms with E-state index in [1.807, 2.05) is 19.1 Å². The number of halogens is 2. The Labute approximate surface area is 121 Å². The molecule has 0 aliphatic carbocycles. The number of hydrogen-bond acceptors (Lipinski definition) is 2. The summed E-state index contributed by atoms with van der Waals surface area (Å²) in [4.78, 5) is 16.1. The molecule has 0 saturated carbocycles. The molecule has 0 radical (unpaired) electrons. The third-order valence-corrected chi connectivity index (χ3v) is 3.29. The van der Waals surface area contributed by atoms with Crippen LogP contribution in [-0.4, -0.2) is 10.9 Å². The van der Waals surface area contributed by atoms with Gasteiger partial charge in [0.05, 0.1) is 16.6 Å². The van der Waals surface area contributed by atoms with Crippen LogP contribution >= 0.6 is 23.2 Å². The molecule has 1 heterocycles. The summed E-state index contributed by atoms with van der Waals surface area (Å²) >= 11 is 11.9. The van der Waals surface area contributed by atoms with Crippen LogP contribution in [0.3, 0.4) is 0 Å². The van der Waals surface area contributed by atoms with Gasteiger partial charge >= 0.3 is 0 Å². The summed E-state index contributed by atoms with van der Waals surface area (Å²) in [7, 11) is 0. The van der Waals surface area contributed by atoms with Crippen molar-refractivity contribution in [2.75, 3.05) is 0 Å². The molecule has 2 rings (SSSR count). The number of rotatable bonds is 3. The molecule has 19 heavy (non-hydrogen) atoms. The van der Waals surface area contributed by atoms with E-state index in [-0.39, 0.29) is 11.9 Å². The van der Waals surface area contributed by atoms with E-state index in [9.17, 15) is 4.79 Å². The minimum Gasteiger partial charge on any atom is -0.345 e. The lowest BCUT2D eigenvalue weighted by Gasteiger charge is -2.14. The molecule has 1 amide bonds. The van der Waals surface area contributed by atoms with Crippen molar-refractivity contribution in [3.63, 3.8) is 0 Å². The summed E-state index contributed by atoms with van der Waals surface area (Å²) in [6.07, 6.45) is 3.37. The van der Waals surface area contributed by atoms with E-state index in [4.69, 9.17) is 23.2 Å². The summed E-state index contributed by atoms with van der Waals surface area (Å²) in [5, 5.41) is 3.73. The Hall–Kier alpha value is -1.58. The zero-order valence-electron chi connectivity index (χ0n) is 10.2. The van der Waals surface area contributed by atoms with Crippen molar-refractivity contribution in [3.8, 4) is 0 Å². The number of carbonyl (C=O) groups excluding carboxylic acids is 1. The molecule has 1 N–H and O–H groups in total. The van der Waals surface area contributed by atoms with Gasteiger partial charge in [-0.3, -0.25) is 9.78 Å². The van der Waals surface area contributed by atoms with Crippen molar-refractivity contribution in [1.29, 1.82) is 0 Å². The summed E-state index contributed by atoms with van der Waals surface area (Å²) in [5.74, 6) is -0.253. The SMILES string of the molecule is CC(NC(=O)c1cc(Cl)ccc1Cl)c1ccncc1. The fourth-order valence-corrected chi connectivity index (χ4v) is 2.06. The normalized spacial score (nSPS) is 11.9. The van der Waals surface area contributed by atoms with Gasteiger partial charge in [-0.2, -0.15) is 0 Å². The van der Waals surface area contributed by atoms with Crippen LogP contribution in [0.25, 0.3) is 0 Å². The van der Waals surface area contributed by atoms with Crippen LogP contribution in [0.15, 0.2) is 42.7 Å². The maximum Gasteiger partial charge on any atom is 0.253 e. The number of nitrogens with zero attached hydrogens (tertiary/aromatic N) is 1. The molecule has 0 saturated heterocycles. The van der Waals surface area contributed by atoms with Gasteiger partial charge in [-0.25, -0.2) is 0 Å². The second-order valence-electron chi connectivity index (χ2n) is 4.10. The molecular formula is C14H12Cl2N2O. The van der Waals surface area contributed by atoms with Crippen molar-refractivity contribution in [3.05, 3.63) is 63.9 Å². The average molecular weight is 295 g/mol. The Morgan fingerprint density at radius 1 is 1.21 bits per heavy atom. The van der Waals surface area contributed by atoms with Crippen LogP contribution in [0.4, 0.5) is 0 Å². The average Bonchev–Trinajstić information content (AvgIpc) is 2.42. The van der Waals surface area contributed by atoms with E-state index in [1.165, 1.54) is 0 Å². The van der Waals surface area contributed by atoms with Gasteiger partial charge in [0.2, 0.25) is 0 Å². The number of aromatic nitrogens is 1. The Morgan fingerprint density at radius 2 is 1.89 bits per heavy atom. The zero-order valence-corrected chi connectivity index (χ0v) is 11.7. The molecule has 1 aromatic heterocycles. The first-order valence-corrected chi connectivity index (χ1v) is 6.49. The van der Waals surface area contributed by atoms with Gasteiger partial charge in [-0.1, -0.05) is 23.2 Å². The Bertz CT molecular complexity index is 587. The Balaban J connectivity index is 2.15. The molecule has 0 bridgehead atoms. The van der Waals surface area contributed by atoms with Gasteiger partial charge in [0.15, 0.2) is 0 Å². The van der Waals surface area contributed by atoms with E-state index in [0.717, 1.165) is 5.56 Å². The molecule has 2 aromatic rings. The molecule has 0 aliphatic rings. The summed E-state index contributed by atoms with van der Waals surface area (Å²) in [5.41, 5.74) is 1.34. The largest absolute Gasteiger partial charge is 0.345 e. The quantitative estimate of drug-likeness (QED) is 0.933. The summed E-state index contributed by atoms with van der Waals surface area (Å²) in [6.45, 7) is 1.89. The fraction of sp³-hybridized carbons (Fsp3) is 0.143. The topological polar surface area (TPSA) is 42.0 Å². The van der Waals surface area contributed by atoms with E-state index in [2.05, 4.69) is 10.3 Å². The molecule has 1 aromatic carbocycles. The van der Waals surface area contributed by atoms with Crippen molar-refractivity contribution in [1.82, 2.24) is 10.3 Å². The molecule has 1 atom stereocenters. The molecule has 0 aliphatic heterocycles. The highest BCUT2D eigenvalue weighted by atomic mass is 35.5. The predicted molar refractivity (Wildman–Crippen MR) is 76.6 cm³/mol. The highest BCUT2D eigenvalue weighted by molar-refractivity contribution is 6.35. The third kappa shape index (κ3) is 3.46. The highest BCUT2D eigenvalue weighted by Crippen LogP contribution is 2.21. The van der Waals surface area contributed by atoms with Crippen molar-refractivity contribution < 1.29 is 4.79 Å². The van der Waals surface area contributed by atoms with E-state index in [1.54, 1.807) is 30.6 Å². The van der Waals surface area contributed by atoms with Crippen molar-refractivity contribution >= 4 is 29.1 Å². The second-order valence-corrected chi connectivity index (χ2v) is 4.94. The first kappa shape index (κ1) is 13.8. The van der Waals surface area contributed by atoms with Crippen molar-refractivity contribution in [2.45, 2.75) is 13.0 Å². The molecule has 3 nitrogen and oxygen atoms in total. The lowest BCUT2D eigenvalue weighted by Crippen LogP contribution is -2.26. The Morgan fingerprint density at radius 3 is 2.58 bits per heavy atom. The Kier molecular flexibility index (Phi) is 4.40. The standard InChI is InChI=1S/C14H12Cl2N2O/c1-9(10-4-6-17-7-5-10)18-14(19)12-8-11(15)2-3-13(12)16/h2-9H,1H3,(H,18,19). The predicted octanol–water partition coefficient (Wildman–Crippen LogP) is 3.88. The number of pyridine rings is 1. The van der Waals surface area contributed by atoms with Crippen LogP contribution in [0.2, 0.25) is 10.0 Å². The summed E-state index contributed by atoms with van der Waals surface area (Å²) < 4.78 is 0. The van der Waals surface area contributed by atoms with Gasteiger partial charge in [0.1, 0.15) is 0 Å². The maximum atomic E-state index is 12.1. The smallest absolute Gasteiger partial charge is 0.253 e. The fourth-order valence-electron chi connectivity index (χ4n) is 1.68. The van der Waals surface area contributed by atoms with Gasteiger partial charge in [-0.15, -0.1) is 0 Å². The summed E-state index contributed by atoms with van der Waals surface area (Å²) in [6, 6.07) is 8.38. The third-order valence-electron chi connectivity index (χ3n) is 2.73. The van der Waals surface area contributed by atoms with Gasteiger partial charge in [-0.05, 0) is 42.8 Å². The molecule has 98 valence electrons. The monoisotopic (exact) mass is 294 g/mol. The number of nitrogens with one attached hydrogen (secondary N) is 1. The minimum atomic E-state index is -0.253. The zero-order chi connectivity index (χ0) is 13.8. The molecular weight excluding hydrogens is 283 g/mol. The molecule has 5 heteroatoms. The van der Waals surface area contributed by atoms with Gasteiger partial charge < -0.3 is 5.32 Å². The second kappa shape index (κ2) is 6.04. The minimum absolute atomic E-state index is 0.134. The van der Waals surface area contributed by atoms with Crippen LogP contribution in [0.5, 0.6) is 0 Å². The number of carbonyl (C=O) groups is 1. The van der Waals surface area contributed by atoms with E-state index < -0.39 is 0 Å². The highest BCUT2D eigenvalue weighted by Gasteiger charge is 2.14.